The van der Waals surface area contributed by atoms with E-state index in [-0.39, 0.29) is 0 Å². The molecule has 3 rings (SSSR count). The van der Waals surface area contributed by atoms with Gasteiger partial charge in [-0.25, -0.2) is 4.98 Å². The van der Waals surface area contributed by atoms with E-state index in [9.17, 15) is 0 Å². The molecular weight excluding hydrogens is 294 g/mol. The topological polar surface area (TPSA) is 50.3 Å². The highest BCUT2D eigenvalue weighted by Gasteiger charge is 2.22. The molecule has 4 nitrogen and oxygen atoms in total. The molecule has 0 atom stereocenters. The first-order chi connectivity index (χ1) is 8.79. The second kappa shape index (κ2) is 4.71. The predicted molar refractivity (Wildman–Crippen MR) is 70.4 cm³/mol. The molecule has 0 aliphatic carbocycles. The van der Waals surface area contributed by atoms with Gasteiger partial charge < -0.3 is 9.14 Å². The summed E-state index contributed by atoms with van der Waals surface area (Å²) in [5.74, 6) is 1.36. The maximum Gasteiger partial charge on any atom is 0.166 e. The fraction of sp³-hybridized carbons (Fsp3) is 0.385. The van der Waals surface area contributed by atoms with Crippen molar-refractivity contribution in [3.8, 4) is 6.07 Å². The molecule has 1 saturated heterocycles. The van der Waals surface area contributed by atoms with Gasteiger partial charge in [-0.1, -0.05) is 0 Å². The Balaban J connectivity index is 2.16. The Morgan fingerprint density at radius 3 is 2.89 bits per heavy atom. The Hall–Kier alpha value is -1.38. The summed E-state index contributed by atoms with van der Waals surface area (Å²) in [6, 6.07) is 6.04. The first-order valence-electron chi connectivity index (χ1n) is 5.95. The number of ether oxygens (including phenoxy) is 1. The van der Waals surface area contributed by atoms with Gasteiger partial charge in [0.2, 0.25) is 0 Å². The van der Waals surface area contributed by atoms with E-state index in [1.807, 2.05) is 22.7 Å². The van der Waals surface area contributed by atoms with Crippen molar-refractivity contribution in [2.45, 2.75) is 18.8 Å². The van der Waals surface area contributed by atoms with Crippen molar-refractivity contribution < 1.29 is 4.74 Å². The summed E-state index contributed by atoms with van der Waals surface area (Å²) in [5.41, 5.74) is 1.38. The molecule has 0 radical (unpaired) electrons. The maximum absolute atomic E-state index is 9.15. The molecule has 2 aromatic rings. The first kappa shape index (κ1) is 11.7. The average Bonchev–Trinajstić information content (AvgIpc) is 2.77. The minimum absolute atomic E-state index is 0.377. The molecule has 0 bridgehead atoms. The summed E-state index contributed by atoms with van der Waals surface area (Å²) in [4.78, 5) is 4.50. The van der Waals surface area contributed by atoms with E-state index >= 15 is 0 Å². The van der Waals surface area contributed by atoms with E-state index in [1.165, 1.54) is 0 Å². The number of nitrogens with zero attached hydrogens (tertiary/aromatic N) is 3. The summed E-state index contributed by atoms with van der Waals surface area (Å²) >= 11 is 3.47. The number of rotatable bonds is 1. The van der Waals surface area contributed by atoms with Crippen LogP contribution in [0.4, 0.5) is 0 Å². The van der Waals surface area contributed by atoms with E-state index in [0.717, 1.165) is 41.9 Å². The molecule has 1 aliphatic rings. The van der Waals surface area contributed by atoms with Crippen LogP contribution < -0.4 is 0 Å². The monoisotopic (exact) mass is 305 g/mol. The summed E-state index contributed by atoms with van der Waals surface area (Å²) < 4.78 is 8.40. The van der Waals surface area contributed by atoms with Gasteiger partial charge in [-0.2, -0.15) is 5.26 Å². The van der Waals surface area contributed by atoms with E-state index in [1.54, 1.807) is 0 Å². The van der Waals surface area contributed by atoms with Crippen molar-refractivity contribution in [1.82, 2.24) is 9.38 Å². The van der Waals surface area contributed by atoms with Crippen LogP contribution in [0.1, 0.15) is 30.3 Å². The number of aromatic nitrogens is 2. The molecule has 0 spiro atoms. The zero-order chi connectivity index (χ0) is 12.5. The van der Waals surface area contributed by atoms with E-state index in [0.29, 0.717) is 11.6 Å². The number of hydrogen-bond donors (Lipinski definition) is 0. The van der Waals surface area contributed by atoms with Crippen LogP contribution in [0.3, 0.4) is 0 Å². The van der Waals surface area contributed by atoms with Crippen molar-refractivity contribution in [1.29, 1.82) is 5.26 Å². The Morgan fingerprint density at radius 1 is 1.39 bits per heavy atom. The smallest absolute Gasteiger partial charge is 0.166 e. The van der Waals surface area contributed by atoms with Crippen LogP contribution in [0.5, 0.6) is 0 Å². The zero-order valence-electron chi connectivity index (χ0n) is 9.77. The molecule has 5 heteroatoms. The van der Waals surface area contributed by atoms with Gasteiger partial charge in [0.15, 0.2) is 5.69 Å². The van der Waals surface area contributed by atoms with Gasteiger partial charge in [0.1, 0.15) is 11.9 Å². The molecule has 92 valence electrons. The first-order valence-corrected chi connectivity index (χ1v) is 6.74. The van der Waals surface area contributed by atoms with Crippen LogP contribution >= 0.6 is 15.9 Å². The molecule has 3 heterocycles. The van der Waals surface area contributed by atoms with Crippen LogP contribution in [0.2, 0.25) is 0 Å². The lowest BCUT2D eigenvalue weighted by Crippen LogP contribution is -2.16. The normalized spacial score (nSPS) is 16.9. The van der Waals surface area contributed by atoms with Crippen LogP contribution in [-0.4, -0.2) is 22.6 Å². The number of pyridine rings is 1. The van der Waals surface area contributed by atoms with Gasteiger partial charge in [0, 0.05) is 29.8 Å². The highest BCUT2D eigenvalue weighted by atomic mass is 79.9. The van der Waals surface area contributed by atoms with Crippen LogP contribution in [0, 0.1) is 11.3 Å². The van der Waals surface area contributed by atoms with Crippen molar-refractivity contribution >= 4 is 21.4 Å². The third kappa shape index (κ3) is 1.92. The Kier molecular flexibility index (Phi) is 3.06. The lowest BCUT2D eigenvalue weighted by molar-refractivity contribution is 0.0835. The Morgan fingerprint density at radius 2 is 2.17 bits per heavy atom. The molecule has 0 saturated carbocycles. The minimum Gasteiger partial charge on any atom is -0.381 e. The number of nitriles is 1. The second-order valence-corrected chi connectivity index (χ2v) is 5.34. The fourth-order valence-electron chi connectivity index (χ4n) is 2.41. The standard InChI is InChI=1S/C13H12BrN3O/c14-10-1-2-12-11(7-15)16-13(17(12)8-10)9-3-5-18-6-4-9/h1-2,8-9H,3-6H2. The van der Waals surface area contributed by atoms with Crippen molar-refractivity contribution in [2.75, 3.05) is 13.2 Å². The minimum atomic E-state index is 0.377. The summed E-state index contributed by atoms with van der Waals surface area (Å²) in [7, 11) is 0. The molecule has 0 unspecified atom stereocenters. The highest BCUT2D eigenvalue weighted by Crippen LogP contribution is 2.28. The van der Waals surface area contributed by atoms with Crippen molar-refractivity contribution in [3.63, 3.8) is 0 Å². The molecule has 1 aliphatic heterocycles. The van der Waals surface area contributed by atoms with Gasteiger partial charge in [0.25, 0.3) is 0 Å². The Labute approximate surface area is 113 Å². The third-order valence-corrected chi connectivity index (χ3v) is 3.79. The molecule has 18 heavy (non-hydrogen) atoms. The molecule has 0 amide bonds. The maximum atomic E-state index is 9.15. The Bertz CT molecular complexity index is 623. The largest absolute Gasteiger partial charge is 0.381 e. The number of halogens is 1. The van der Waals surface area contributed by atoms with Gasteiger partial charge >= 0.3 is 0 Å². The molecule has 2 aromatic heterocycles. The van der Waals surface area contributed by atoms with Gasteiger partial charge in [0.05, 0.1) is 5.52 Å². The molecule has 1 fully saturated rings. The van der Waals surface area contributed by atoms with Gasteiger partial charge in [-0.05, 0) is 40.9 Å². The van der Waals surface area contributed by atoms with E-state index in [4.69, 9.17) is 10.00 Å². The molecule has 0 N–H and O–H groups in total. The van der Waals surface area contributed by atoms with Crippen molar-refractivity contribution in [3.05, 3.63) is 34.3 Å². The predicted octanol–water partition coefficient (Wildman–Crippen LogP) is 2.86. The third-order valence-electron chi connectivity index (χ3n) is 3.32. The summed E-state index contributed by atoms with van der Waals surface area (Å²) in [6.45, 7) is 1.55. The van der Waals surface area contributed by atoms with Crippen molar-refractivity contribution in [2.24, 2.45) is 0 Å². The fourth-order valence-corrected chi connectivity index (χ4v) is 2.75. The highest BCUT2D eigenvalue weighted by molar-refractivity contribution is 9.10. The van der Waals surface area contributed by atoms with Crippen LogP contribution in [0.15, 0.2) is 22.8 Å². The van der Waals surface area contributed by atoms with Gasteiger partial charge in [-0.3, -0.25) is 0 Å². The summed E-state index contributed by atoms with van der Waals surface area (Å²) in [6.07, 6.45) is 3.92. The van der Waals surface area contributed by atoms with Crippen LogP contribution in [-0.2, 0) is 4.74 Å². The molecular formula is C13H12BrN3O. The number of imidazole rings is 1. The lowest BCUT2D eigenvalue weighted by atomic mass is 10.00. The zero-order valence-corrected chi connectivity index (χ0v) is 11.4. The second-order valence-electron chi connectivity index (χ2n) is 4.42. The van der Waals surface area contributed by atoms with E-state index < -0.39 is 0 Å². The average molecular weight is 306 g/mol. The van der Waals surface area contributed by atoms with Gasteiger partial charge in [-0.15, -0.1) is 0 Å². The summed E-state index contributed by atoms with van der Waals surface area (Å²) in [5, 5.41) is 9.15. The number of fused-ring (bicyclic) bond motifs is 1. The lowest BCUT2D eigenvalue weighted by Gasteiger charge is -2.20. The SMILES string of the molecule is N#Cc1nc(C2CCOCC2)n2cc(Br)ccc12. The van der Waals surface area contributed by atoms with Crippen LogP contribution in [0.25, 0.3) is 5.52 Å². The quantitative estimate of drug-likeness (QED) is 0.814. The number of hydrogen-bond acceptors (Lipinski definition) is 3. The molecule has 0 aromatic carbocycles. The van der Waals surface area contributed by atoms with E-state index in [2.05, 4.69) is 27.0 Å².